The molecule has 0 amide bonds. The second kappa shape index (κ2) is 7.32. The molecule has 5 heteroatoms. The van der Waals surface area contributed by atoms with Gasteiger partial charge in [-0.15, -0.1) is 11.3 Å². The van der Waals surface area contributed by atoms with Gasteiger partial charge in [-0.2, -0.15) is 0 Å². The van der Waals surface area contributed by atoms with Crippen LogP contribution in [0.5, 0.6) is 0 Å². The Morgan fingerprint density at radius 2 is 1.73 bits per heavy atom. The largest absolute Gasteiger partial charge is 0.465 e. The zero-order chi connectivity index (χ0) is 17.9. The predicted molar refractivity (Wildman–Crippen MR) is 107 cm³/mol. The van der Waals surface area contributed by atoms with E-state index >= 15 is 0 Å². The third-order valence-corrected chi connectivity index (χ3v) is 6.09. The van der Waals surface area contributed by atoms with Gasteiger partial charge in [0.15, 0.2) is 0 Å². The van der Waals surface area contributed by atoms with Crippen LogP contribution >= 0.6 is 23.1 Å². The van der Waals surface area contributed by atoms with Gasteiger partial charge in [-0.1, -0.05) is 54.2 Å². The number of aromatic nitrogens is 1. The Hall–Kier alpha value is -2.63. The highest BCUT2D eigenvalue weighted by Crippen LogP contribution is 2.37. The molecule has 0 aliphatic carbocycles. The van der Waals surface area contributed by atoms with Crippen molar-refractivity contribution in [1.82, 2.24) is 4.98 Å². The number of hydrogen-bond acceptors (Lipinski definition) is 5. The minimum atomic E-state index is -0.311. The number of carbonyl (C=O) groups excluding carboxylic acids is 1. The van der Waals surface area contributed by atoms with Crippen LogP contribution in [0.25, 0.3) is 21.2 Å². The molecule has 0 aliphatic heterocycles. The topological polar surface area (TPSA) is 39.2 Å². The van der Waals surface area contributed by atoms with Crippen molar-refractivity contribution in [1.29, 1.82) is 0 Å². The van der Waals surface area contributed by atoms with Gasteiger partial charge in [0.05, 0.1) is 11.8 Å². The molecular weight excluding hydrogens is 362 g/mol. The number of rotatable bonds is 4. The summed E-state index contributed by atoms with van der Waals surface area (Å²) in [5, 5.41) is 1.03. The number of benzene rings is 2. The zero-order valence-electron chi connectivity index (χ0n) is 14.0. The molecule has 26 heavy (non-hydrogen) atoms. The van der Waals surface area contributed by atoms with Gasteiger partial charge in [0, 0.05) is 27.6 Å². The van der Waals surface area contributed by atoms with Gasteiger partial charge in [-0.05, 0) is 29.3 Å². The van der Waals surface area contributed by atoms with E-state index in [1.807, 2.05) is 30.5 Å². The van der Waals surface area contributed by atoms with Crippen LogP contribution < -0.4 is 0 Å². The average molecular weight is 377 g/mol. The van der Waals surface area contributed by atoms with E-state index < -0.39 is 0 Å². The first-order valence-corrected chi connectivity index (χ1v) is 9.67. The molecular formula is C21H15NO2S2. The maximum atomic E-state index is 11.8. The lowest BCUT2D eigenvalue weighted by atomic mass is 10.1. The highest BCUT2D eigenvalue weighted by molar-refractivity contribution is 7.99. The maximum Gasteiger partial charge on any atom is 0.348 e. The number of ether oxygens (including phenoxy) is 1. The molecule has 2 aromatic carbocycles. The van der Waals surface area contributed by atoms with Gasteiger partial charge < -0.3 is 4.74 Å². The molecule has 2 heterocycles. The highest BCUT2D eigenvalue weighted by Gasteiger charge is 2.13. The minimum absolute atomic E-state index is 0.311. The van der Waals surface area contributed by atoms with Crippen molar-refractivity contribution in [2.45, 2.75) is 9.79 Å². The summed E-state index contributed by atoms with van der Waals surface area (Å²) in [7, 11) is 1.40. The lowest BCUT2D eigenvalue weighted by molar-refractivity contribution is 0.0606. The SMILES string of the molecule is COC(=O)c1cc2c(Sc3ccc(-c4ccccc4)cc3)cncc2s1. The van der Waals surface area contributed by atoms with Crippen molar-refractivity contribution in [2.24, 2.45) is 0 Å². The smallest absolute Gasteiger partial charge is 0.348 e. The number of fused-ring (bicyclic) bond motifs is 1. The molecule has 0 unspecified atom stereocenters. The molecule has 0 bridgehead atoms. The number of thiophene rings is 1. The first-order valence-electron chi connectivity index (χ1n) is 8.04. The van der Waals surface area contributed by atoms with Crippen LogP contribution in [0.4, 0.5) is 0 Å². The number of hydrogen-bond donors (Lipinski definition) is 0. The summed E-state index contributed by atoms with van der Waals surface area (Å²) in [5.41, 5.74) is 2.39. The van der Waals surface area contributed by atoms with Gasteiger partial charge in [0.1, 0.15) is 4.88 Å². The number of pyridine rings is 1. The Morgan fingerprint density at radius 1 is 1.00 bits per heavy atom. The Morgan fingerprint density at radius 3 is 2.46 bits per heavy atom. The predicted octanol–water partition coefficient (Wildman–Crippen LogP) is 5.90. The lowest BCUT2D eigenvalue weighted by Crippen LogP contribution is -1.96. The van der Waals surface area contributed by atoms with E-state index in [0.717, 1.165) is 19.9 Å². The van der Waals surface area contributed by atoms with Crippen LogP contribution in [-0.2, 0) is 4.74 Å². The summed E-state index contributed by atoms with van der Waals surface area (Å²) >= 11 is 3.05. The highest BCUT2D eigenvalue weighted by atomic mass is 32.2. The third-order valence-electron chi connectivity index (χ3n) is 3.99. The first-order chi connectivity index (χ1) is 12.7. The standard InChI is InChI=1S/C21H15NO2S2/c1-24-21(23)18-11-17-19(12-22-13-20(17)26-18)25-16-9-7-15(8-10-16)14-5-3-2-4-6-14/h2-13H,1H3. The van der Waals surface area contributed by atoms with E-state index in [1.165, 1.54) is 29.6 Å². The molecule has 4 aromatic rings. The van der Waals surface area contributed by atoms with Gasteiger partial charge in [0.2, 0.25) is 0 Å². The van der Waals surface area contributed by atoms with E-state index in [0.29, 0.717) is 4.88 Å². The monoisotopic (exact) mass is 377 g/mol. The maximum absolute atomic E-state index is 11.8. The molecule has 0 saturated heterocycles. The third kappa shape index (κ3) is 3.36. The van der Waals surface area contributed by atoms with Crippen molar-refractivity contribution in [3.63, 3.8) is 0 Å². The molecule has 2 aromatic heterocycles. The molecule has 3 nitrogen and oxygen atoms in total. The van der Waals surface area contributed by atoms with Crippen molar-refractivity contribution >= 4 is 39.2 Å². The number of carbonyl (C=O) groups is 1. The summed E-state index contributed by atoms with van der Waals surface area (Å²) in [6.45, 7) is 0. The summed E-state index contributed by atoms with van der Waals surface area (Å²) in [6, 6.07) is 20.7. The normalized spacial score (nSPS) is 10.8. The molecule has 128 valence electrons. The van der Waals surface area contributed by atoms with Crippen LogP contribution in [0.3, 0.4) is 0 Å². The Balaban J connectivity index is 1.63. The van der Waals surface area contributed by atoms with Crippen LogP contribution in [0.2, 0.25) is 0 Å². The second-order valence-corrected chi connectivity index (χ2v) is 7.84. The average Bonchev–Trinajstić information content (AvgIpc) is 3.14. The number of methoxy groups -OCH3 is 1. The van der Waals surface area contributed by atoms with Crippen LogP contribution in [0.1, 0.15) is 9.67 Å². The first kappa shape index (κ1) is 16.8. The van der Waals surface area contributed by atoms with Gasteiger partial charge in [-0.3, -0.25) is 4.98 Å². The molecule has 0 saturated carbocycles. The van der Waals surface area contributed by atoms with Gasteiger partial charge >= 0.3 is 5.97 Å². The van der Waals surface area contributed by atoms with Gasteiger partial charge in [-0.25, -0.2) is 4.79 Å². The zero-order valence-corrected chi connectivity index (χ0v) is 15.6. The second-order valence-electron chi connectivity index (χ2n) is 5.64. The van der Waals surface area contributed by atoms with E-state index in [4.69, 9.17) is 4.74 Å². The molecule has 0 radical (unpaired) electrons. The van der Waals surface area contributed by atoms with E-state index in [1.54, 1.807) is 18.0 Å². The number of esters is 1. The lowest BCUT2D eigenvalue weighted by Gasteiger charge is -2.05. The molecule has 0 aliphatic rings. The Bertz CT molecular complexity index is 1060. The molecule has 0 atom stereocenters. The summed E-state index contributed by atoms with van der Waals surface area (Å²) in [5.74, 6) is -0.311. The molecule has 0 N–H and O–H groups in total. The van der Waals surface area contributed by atoms with E-state index in [2.05, 4.69) is 41.4 Å². The van der Waals surface area contributed by atoms with Crippen molar-refractivity contribution < 1.29 is 9.53 Å². The van der Waals surface area contributed by atoms with E-state index in [9.17, 15) is 4.79 Å². The summed E-state index contributed by atoms with van der Waals surface area (Å²) in [4.78, 5) is 18.8. The Kier molecular flexibility index (Phi) is 4.73. The fraction of sp³-hybridized carbons (Fsp3) is 0.0476. The Labute approximate surface area is 159 Å². The minimum Gasteiger partial charge on any atom is -0.465 e. The quantitative estimate of drug-likeness (QED) is 0.415. The van der Waals surface area contributed by atoms with E-state index in [-0.39, 0.29) is 5.97 Å². The fourth-order valence-electron chi connectivity index (χ4n) is 2.69. The fourth-order valence-corrected chi connectivity index (χ4v) is 4.65. The molecule has 0 spiro atoms. The van der Waals surface area contributed by atoms with Crippen LogP contribution in [0.15, 0.2) is 82.8 Å². The van der Waals surface area contributed by atoms with Crippen LogP contribution in [-0.4, -0.2) is 18.1 Å². The van der Waals surface area contributed by atoms with Crippen molar-refractivity contribution in [2.75, 3.05) is 7.11 Å². The summed E-state index contributed by atoms with van der Waals surface area (Å²) in [6.07, 6.45) is 3.63. The van der Waals surface area contributed by atoms with Crippen molar-refractivity contribution in [3.05, 3.63) is 77.9 Å². The van der Waals surface area contributed by atoms with Gasteiger partial charge in [0.25, 0.3) is 0 Å². The number of nitrogens with zero attached hydrogens (tertiary/aromatic N) is 1. The molecule has 0 fully saturated rings. The van der Waals surface area contributed by atoms with Crippen LogP contribution in [0, 0.1) is 0 Å². The molecule has 4 rings (SSSR count). The summed E-state index contributed by atoms with van der Waals surface area (Å²) < 4.78 is 5.81. The van der Waals surface area contributed by atoms with Crippen molar-refractivity contribution in [3.8, 4) is 11.1 Å².